The first-order valence-electron chi connectivity index (χ1n) is 8.88. The number of rotatable bonds is 4. The van der Waals surface area contributed by atoms with Crippen molar-refractivity contribution in [1.29, 1.82) is 0 Å². The van der Waals surface area contributed by atoms with Crippen LogP contribution in [0.25, 0.3) is 0 Å². The van der Waals surface area contributed by atoms with E-state index in [4.69, 9.17) is 0 Å². The molecule has 0 unspecified atom stereocenters. The normalized spacial score (nSPS) is 24.5. The van der Waals surface area contributed by atoms with Crippen molar-refractivity contribution in [3.63, 3.8) is 0 Å². The summed E-state index contributed by atoms with van der Waals surface area (Å²) >= 11 is 0. The fourth-order valence-electron chi connectivity index (χ4n) is 3.48. The molecule has 1 aromatic rings. The minimum absolute atomic E-state index is 0.0117. The summed E-state index contributed by atoms with van der Waals surface area (Å²) < 4.78 is 27.0. The molecule has 2 aliphatic heterocycles. The summed E-state index contributed by atoms with van der Waals surface area (Å²) in [6.45, 7) is 6.30. The monoisotopic (exact) mass is 379 g/mol. The van der Waals surface area contributed by atoms with Gasteiger partial charge in [-0.05, 0) is 31.4 Å². The number of aryl methyl sites for hydroxylation is 1. The molecular weight excluding hydrogens is 354 g/mol. The van der Waals surface area contributed by atoms with Crippen molar-refractivity contribution in [3.8, 4) is 0 Å². The van der Waals surface area contributed by atoms with E-state index in [2.05, 4.69) is 5.32 Å². The Labute approximate surface area is 154 Å². The predicted octanol–water partition coefficient (Wildman–Crippen LogP) is 0.741. The molecular formula is C18H25N3O4S. The molecule has 0 spiro atoms. The maximum atomic E-state index is 12.9. The molecule has 8 heteroatoms. The van der Waals surface area contributed by atoms with Crippen molar-refractivity contribution in [2.75, 3.05) is 19.6 Å². The summed E-state index contributed by atoms with van der Waals surface area (Å²) in [7, 11) is -3.69. The molecule has 1 aromatic carbocycles. The van der Waals surface area contributed by atoms with Gasteiger partial charge in [-0.1, -0.05) is 31.5 Å². The van der Waals surface area contributed by atoms with Gasteiger partial charge >= 0.3 is 0 Å². The van der Waals surface area contributed by atoms with E-state index in [1.807, 2.05) is 20.8 Å². The van der Waals surface area contributed by atoms with Gasteiger partial charge in [-0.25, -0.2) is 8.42 Å². The quantitative estimate of drug-likeness (QED) is 0.836. The van der Waals surface area contributed by atoms with Gasteiger partial charge in [-0.3, -0.25) is 9.59 Å². The van der Waals surface area contributed by atoms with Crippen LogP contribution in [0.3, 0.4) is 0 Å². The Morgan fingerprint density at radius 3 is 2.42 bits per heavy atom. The summed E-state index contributed by atoms with van der Waals surface area (Å²) in [5.74, 6) is -0.112. The number of hydrogen-bond donors (Lipinski definition) is 1. The van der Waals surface area contributed by atoms with Crippen molar-refractivity contribution < 1.29 is 18.0 Å². The number of carbonyl (C=O) groups excluding carboxylic acids is 2. The lowest BCUT2D eigenvalue weighted by atomic mass is 9.97. The molecule has 0 radical (unpaired) electrons. The molecule has 1 N–H and O–H groups in total. The smallest absolute Gasteiger partial charge is 0.245 e. The van der Waals surface area contributed by atoms with Crippen molar-refractivity contribution in [2.45, 2.75) is 44.2 Å². The van der Waals surface area contributed by atoms with Gasteiger partial charge in [-0.2, -0.15) is 4.31 Å². The van der Waals surface area contributed by atoms with Gasteiger partial charge in [0.05, 0.1) is 4.90 Å². The van der Waals surface area contributed by atoms with E-state index in [1.54, 1.807) is 24.3 Å². The second kappa shape index (κ2) is 7.00. The van der Waals surface area contributed by atoms with E-state index in [0.29, 0.717) is 6.42 Å². The summed E-state index contributed by atoms with van der Waals surface area (Å²) in [6.07, 6.45) is 0.583. The molecule has 3 rings (SSSR count). The molecule has 0 aromatic heterocycles. The second-order valence-electron chi connectivity index (χ2n) is 7.41. The van der Waals surface area contributed by atoms with E-state index >= 15 is 0 Å². The zero-order valence-corrected chi connectivity index (χ0v) is 16.1. The highest BCUT2D eigenvalue weighted by Gasteiger charge is 2.45. The zero-order valence-electron chi connectivity index (χ0n) is 15.3. The molecule has 0 bridgehead atoms. The maximum Gasteiger partial charge on any atom is 0.245 e. The standard InChI is InChI=1S/C18H25N3O4S/c1-12(2)10-15-18(23)21-9-8-20(11-16(21)17(22)19-15)26(24,25)14-6-4-13(3)5-7-14/h4-7,12,15-16H,8-11H2,1-3H3,(H,19,22)/t15-,16-/m1/s1. The molecule has 142 valence electrons. The number of nitrogens with one attached hydrogen (secondary N) is 1. The maximum absolute atomic E-state index is 12.9. The minimum Gasteiger partial charge on any atom is -0.342 e. The molecule has 2 saturated heterocycles. The van der Waals surface area contributed by atoms with E-state index in [9.17, 15) is 18.0 Å². The third kappa shape index (κ3) is 3.48. The fraction of sp³-hybridized carbons (Fsp3) is 0.556. The fourth-order valence-corrected chi connectivity index (χ4v) is 4.92. The Kier molecular flexibility index (Phi) is 5.07. The molecule has 2 atom stereocenters. The summed E-state index contributed by atoms with van der Waals surface area (Å²) in [5.41, 5.74) is 0.974. The van der Waals surface area contributed by atoms with Gasteiger partial charge in [0.1, 0.15) is 12.1 Å². The molecule has 26 heavy (non-hydrogen) atoms. The van der Waals surface area contributed by atoms with Crippen LogP contribution in [0.15, 0.2) is 29.2 Å². The van der Waals surface area contributed by atoms with Gasteiger partial charge in [0, 0.05) is 19.6 Å². The molecule has 0 aliphatic carbocycles. The van der Waals surface area contributed by atoms with Crippen LogP contribution in [0.2, 0.25) is 0 Å². The van der Waals surface area contributed by atoms with Gasteiger partial charge < -0.3 is 10.2 Å². The zero-order chi connectivity index (χ0) is 19.1. The summed E-state index contributed by atoms with van der Waals surface area (Å²) in [4.78, 5) is 26.9. The van der Waals surface area contributed by atoms with E-state index in [1.165, 1.54) is 9.21 Å². The Morgan fingerprint density at radius 2 is 1.81 bits per heavy atom. The highest BCUT2D eigenvalue weighted by molar-refractivity contribution is 7.89. The molecule has 2 aliphatic rings. The highest BCUT2D eigenvalue weighted by Crippen LogP contribution is 2.24. The van der Waals surface area contributed by atoms with Gasteiger partial charge in [-0.15, -0.1) is 0 Å². The first-order chi connectivity index (χ1) is 12.2. The topological polar surface area (TPSA) is 86.8 Å². The van der Waals surface area contributed by atoms with Crippen LogP contribution in [0.1, 0.15) is 25.8 Å². The van der Waals surface area contributed by atoms with Crippen LogP contribution in [0, 0.1) is 12.8 Å². The van der Waals surface area contributed by atoms with Crippen LogP contribution < -0.4 is 5.32 Å². The number of sulfonamides is 1. The third-order valence-corrected chi connectivity index (χ3v) is 6.79. The molecule has 2 heterocycles. The minimum atomic E-state index is -3.69. The van der Waals surface area contributed by atoms with E-state index in [0.717, 1.165) is 5.56 Å². The number of hydrogen-bond acceptors (Lipinski definition) is 4. The molecule has 0 saturated carbocycles. The highest BCUT2D eigenvalue weighted by atomic mass is 32.2. The SMILES string of the molecule is Cc1ccc(S(=O)(=O)N2CCN3C(=O)[C@@H](CC(C)C)NC(=O)[C@H]3C2)cc1. The molecule has 2 amide bonds. The van der Waals surface area contributed by atoms with Crippen LogP contribution in [0.5, 0.6) is 0 Å². The van der Waals surface area contributed by atoms with Crippen LogP contribution in [-0.4, -0.2) is 61.2 Å². The lowest BCUT2D eigenvalue weighted by Gasteiger charge is -2.45. The van der Waals surface area contributed by atoms with Crippen LogP contribution >= 0.6 is 0 Å². The number of piperazine rings is 2. The number of carbonyl (C=O) groups is 2. The first kappa shape index (κ1) is 18.8. The second-order valence-corrected chi connectivity index (χ2v) is 9.35. The van der Waals surface area contributed by atoms with Crippen molar-refractivity contribution in [2.24, 2.45) is 5.92 Å². The average Bonchev–Trinajstić information content (AvgIpc) is 2.59. The van der Waals surface area contributed by atoms with Crippen molar-refractivity contribution >= 4 is 21.8 Å². The van der Waals surface area contributed by atoms with Crippen LogP contribution in [0.4, 0.5) is 0 Å². The molecule has 2 fully saturated rings. The number of amides is 2. The lowest BCUT2D eigenvalue weighted by molar-refractivity contribution is -0.152. The van der Waals surface area contributed by atoms with Crippen LogP contribution in [-0.2, 0) is 19.6 Å². The van der Waals surface area contributed by atoms with E-state index in [-0.39, 0.29) is 42.3 Å². The number of nitrogens with zero attached hydrogens (tertiary/aromatic N) is 2. The van der Waals surface area contributed by atoms with Crippen molar-refractivity contribution in [3.05, 3.63) is 29.8 Å². The number of fused-ring (bicyclic) bond motifs is 1. The average molecular weight is 379 g/mol. The van der Waals surface area contributed by atoms with Gasteiger partial charge in [0.2, 0.25) is 21.8 Å². The third-order valence-electron chi connectivity index (χ3n) is 4.91. The Hall–Kier alpha value is -1.93. The van der Waals surface area contributed by atoms with Crippen molar-refractivity contribution in [1.82, 2.24) is 14.5 Å². The Bertz CT molecular complexity index is 804. The van der Waals surface area contributed by atoms with Gasteiger partial charge in [0.15, 0.2) is 0 Å². The lowest BCUT2D eigenvalue weighted by Crippen LogP contribution is -2.69. The molecule has 7 nitrogen and oxygen atoms in total. The summed E-state index contributed by atoms with van der Waals surface area (Å²) in [5, 5.41) is 2.76. The Balaban J connectivity index is 1.78. The first-order valence-corrected chi connectivity index (χ1v) is 10.3. The van der Waals surface area contributed by atoms with E-state index < -0.39 is 22.1 Å². The summed E-state index contributed by atoms with van der Waals surface area (Å²) in [6, 6.07) is 5.36. The Morgan fingerprint density at radius 1 is 1.15 bits per heavy atom. The van der Waals surface area contributed by atoms with Gasteiger partial charge in [0.25, 0.3) is 0 Å². The number of benzene rings is 1. The largest absolute Gasteiger partial charge is 0.342 e. The predicted molar refractivity (Wildman–Crippen MR) is 96.8 cm³/mol.